The molecule has 1 aromatic rings. The van der Waals surface area contributed by atoms with Gasteiger partial charge in [0, 0.05) is 18.6 Å². The molecule has 0 amide bonds. The zero-order valence-corrected chi connectivity index (χ0v) is 12.3. The van der Waals surface area contributed by atoms with Crippen LogP contribution in [0.3, 0.4) is 0 Å². The summed E-state index contributed by atoms with van der Waals surface area (Å²) >= 11 is 12.1. The molecule has 0 bridgehead atoms. The molecule has 0 N–H and O–H groups in total. The Hall–Kier alpha value is -1.46. The number of halogens is 2. The molecule has 0 fully saturated rings. The molecule has 0 saturated carbocycles. The number of ether oxygens (including phenoxy) is 2. The largest absolute Gasteiger partial charge is 0.451 e. The van der Waals surface area contributed by atoms with Gasteiger partial charge in [-0.1, -0.05) is 18.5 Å². The maximum absolute atomic E-state index is 10.7. The van der Waals surface area contributed by atoms with E-state index in [9.17, 15) is 10.1 Å². The van der Waals surface area contributed by atoms with Gasteiger partial charge in [-0.05, 0) is 12.5 Å². The van der Waals surface area contributed by atoms with Gasteiger partial charge in [-0.2, -0.15) is 0 Å². The highest BCUT2D eigenvalue weighted by molar-refractivity contribution is 6.31. The highest BCUT2D eigenvalue weighted by Crippen LogP contribution is 2.41. The number of allylic oxidation sites excluding steroid dienone is 1. The summed E-state index contributed by atoms with van der Waals surface area (Å²) in [4.78, 5) is 10.2. The minimum atomic E-state index is -1.21. The average Bonchev–Trinajstić information content (AvgIpc) is 2.83. The third kappa shape index (κ3) is 2.69. The van der Waals surface area contributed by atoms with Crippen LogP contribution in [0.15, 0.2) is 30.2 Å². The van der Waals surface area contributed by atoms with Gasteiger partial charge in [-0.15, -0.1) is 11.6 Å². The van der Waals surface area contributed by atoms with E-state index in [1.165, 1.54) is 24.5 Å². The molecule has 7 heteroatoms. The summed E-state index contributed by atoms with van der Waals surface area (Å²) in [5, 5.41) is 10.9. The Morgan fingerprint density at radius 1 is 1.45 bits per heavy atom. The SMILES string of the molecule is CCCC1=COC(CCl)(c2ccc([N+](=O)[O-])cc2Cl)O1. The number of benzene rings is 1. The first kappa shape index (κ1) is 14.9. The first-order valence-electron chi connectivity index (χ1n) is 6.08. The van der Waals surface area contributed by atoms with Gasteiger partial charge in [-0.25, -0.2) is 0 Å². The van der Waals surface area contributed by atoms with Crippen molar-refractivity contribution in [3.63, 3.8) is 0 Å². The first-order valence-corrected chi connectivity index (χ1v) is 7.00. The lowest BCUT2D eigenvalue weighted by Gasteiger charge is -2.27. The van der Waals surface area contributed by atoms with Crippen molar-refractivity contribution in [2.45, 2.75) is 25.6 Å². The summed E-state index contributed by atoms with van der Waals surface area (Å²) in [6.45, 7) is 2.02. The van der Waals surface area contributed by atoms with Gasteiger partial charge in [0.1, 0.15) is 17.9 Å². The summed E-state index contributed by atoms with van der Waals surface area (Å²) in [6, 6.07) is 4.11. The minimum absolute atomic E-state index is 0.0221. The Labute approximate surface area is 126 Å². The van der Waals surface area contributed by atoms with Crippen molar-refractivity contribution in [2.75, 3.05) is 5.88 Å². The number of alkyl halides is 1. The van der Waals surface area contributed by atoms with E-state index in [-0.39, 0.29) is 16.6 Å². The van der Waals surface area contributed by atoms with Crippen LogP contribution in [0.2, 0.25) is 5.02 Å². The van der Waals surface area contributed by atoms with Gasteiger partial charge in [0.2, 0.25) is 0 Å². The first-order chi connectivity index (χ1) is 9.52. The molecule has 1 aliphatic heterocycles. The molecule has 0 aromatic heterocycles. The predicted octanol–water partition coefficient (Wildman–Crippen LogP) is 4.33. The van der Waals surface area contributed by atoms with Crippen LogP contribution in [-0.2, 0) is 15.3 Å². The van der Waals surface area contributed by atoms with E-state index in [0.717, 1.165) is 12.8 Å². The molecule has 20 heavy (non-hydrogen) atoms. The fraction of sp³-hybridized carbons (Fsp3) is 0.385. The third-order valence-corrected chi connectivity index (χ3v) is 3.59. The zero-order valence-electron chi connectivity index (χ0n) is 10.8. The molecule has 2 rings (SSSR count). The van der Waals surface area contributed by atoms with Crippen molar-refractivity contribution in [2.24, 2.45) is 0 Å². The standard InChI is InChI=1S/C13H13Cl2NO4/c1-2-3-10-7-19-13(8-14,20-10)11-5-4-9(16(17)18)6-12(11)15/h4-7H,2-3,8H2,1H3. The third-order valence-electron chi connectivity index (χ3n) is 2.92. The van der Waals surface area contributed by atoms with Gasteiger partial charge in [0.15, 0.2) is 0 Å². The van der Waals surface area contributed by atoms with Crippen LogP contribution in [0.25, 0.3) is 0 Å². The van der Waals surface area contributed by atoms with E-state index < -0.39 is 10.7 Å². The van der Waals surface area contributed by atoms with Crippen LogP contribution in [0.4, 0.5) is 5.69 Å². The van der Waals surface area contributed by atoms with E-state index in [1.807, 2.05) is 6.92 Å². The second kappa shape index (κ2) is 5.89. The maximum atomic E-state index is 10.7. The topological polar surface area (TPSA) is 61.6 Å². The number of hydrogen-bond donors (Lipinski definition) is 0. The second-order valence-electron chi connectivity index (χ2n) is 4.36. The van der Waals surface area contributed by atoms with Crippen molar-refractivity contribution in [1.29, 1.82) is 0 Å². The second-order valence-corrected chi connectivity index (χ2v) is 5.04. The smallest absolute Gasteiger partial charge is 0.292 e. The van der Waals surface area contributed by atoms with Gasteiger partial charge in [0.25, 0.3) is 11.5 Å². The fourth-order valence-electron chi connectivity index (χ4n) is 1.95. The molecule has 1 unspecified atom stereocenters. The molecule has 0 saturated heterocycles. The van der Waals surface area contributed by atoms with E-state index in [2.05, 4.69) is 0 Å². The summed E-state index contributed by atoms with van der Waals surface area (Å²) in [6.07, 6.45) is 3.15. The van der Waals surface area contributed by atoms with E-state index in [0.29, 0.717) is 11.3 Å². The zero-order chi connectivity index (χ0) is 14.8. The molecule has 108 valence electrons. The number of nitrogens with zero attached hydrogens (tertiary/aromatic N) is 1. The Bertz CT molecular complexity index is 561. The van der Waals surface area contributed by atoms with Gasteiger partial charge < -0.3 is 9.47 Å². The van der Waals surface area contributed by atoms with Crippen molar-refractivity contribution in [3.8, 4) is 0 Å². The predicted molar refractivity (Wildman–Crippen MR) is 75.7 cm³/mol. The number of hydrogen-bond acceptors (Lipinski definition) is 4. The lowest BCUT2D eigenvalue weighted by molar-refractivity contribution is -0.384. The van der Waals surface area contributed by atoms with Crippen LogP contribution in [-0.4, -0.2) is 10.8 Å². The highest BCUT2D eigenvalue weighted by Gasteiger charge is 2.42. The summed E-state index contributed by atoms with van der Waals surface area (Å²) < 4.78 is 11.3. The Morgan fingerprint density at radius 2 is 2.20 bits per heavy atom. The number of non-ortho nitro benzene ring substituents is 1. The van der Waals surface area contributed by atoms with Crippen LogP contribution in [0.1, 0.15) is 25.3 Å². The monoisotopic (exact) mass is 317 g/mol. The van der Waals surface area contributed by atoms with Gasteiger partial charge in [0.05, 0.1) is 15.5 Å². The van der Waals surface area contributed by atoms with Crippen molar-refractivity contribution in [3.05, 3.63) is 50.9 Å². The van der Waals surface area contributed by atoms with E-state index >= 15 is 0 Å². The summed E-state index contributed by atoms with van der Waals surface area (Å²) in [5.74, 6) is -0.505. The molecule has 0 aliphatic carbocycles. The average molecular weight is 318 g/mol. The lowest BCUT2D eigenvalue weighted by Crippen LogP contribution is -2.30. The number of rotatable bonds is 5. The van der Waals surface area contributed by atoms with E-state index in [1.54, 1.807) is 0 Å². The Kier molecular flexibility index (Phi) is 4.40. The summed E-state index contributed by atoms with van der Waals surface area (Å²) in [7, 11) is 0. The van der Waals surface area contributed by atoms with Crippen LogP contribution < -0.4 is 0 Å². The molecule has 5 nitrogen and oxygen atoms in total. The lowest BCUT2D eigenvalue weighted by atomic mass is 10.1. The minimum Gasteiger partial charge on any atom is -0.451 e. The molecule has 0 spiro atoms. The molecule has 1 heterocycles. The molecule has 1 aliphatic rings. The molecule has 1 aromatic carbocycles. The maximum Gasteiger partial charge on any atom is 0.292 e. The molecular formula is C13H13Cl2NO4. The number of nitro benzene ring substituents is 1. The Morgan fingerprint density at radius 3 is 2.75 bits per heavy atom. The van der Waals surface area contributed by atoms with Gasteiger partial charge >= 0.3 is 0 Å². The van der Waals surface area contributed by atoms with Crippen molar-refractivity contribution >= 4 is 28.9 Å². The van der Waals surface area contributed by atoms with E-state index in [4.69, 9.17) is 32.7 Å². The van der Waals surface area contributed by atoms with Crippen LogP contribution >= 0.6 is 23.2 Å². The summed E-state index contributed by atoms with van der Waals surface area (Å²) in [5.41, 5.74) is 0.380. The quantitative estimate of drug-likeness (QED) is 0.460. The number of nitro groups is 1. The van der Waals surface area contributed by atoms with Crippen molar-refractivity contribution < 1.29 is 14.4 Å². The normalized spacial score (nSPS) is 21.1. The Balaban J connectivity index is 2.32. The van der Waals surface area contributed by atoms with Crippen LogP contribution in [0, 0.1) is 10.1 Å². The fourth-order valence-corrected chi connectivity index (χ4v) is 2.53. The molecular weight excluding hydrogens is 305 g/mol. The highest BCUT2D eigenvalue weighted by atomic mass is 35.5. The molecule has 1 atom stereocenters. The van der Waals surface area contributed by atoms with Gasteiger partial charge in [-0.3, -0.25) is 10.1 Å². The molecule has 0 radical (unpaired) electrons. The van der Waals surface area contributed by atoms with Crippen molar-refractivity contribution in [1.82, 2.24) is 0 Å². The van der Waals surface area contributed by atoms with Crippen LogP contribution in [0.5, 0.6) is 0 Å².